The van der Waals surface area contributed by atoms with Gasteiger partial charge in [0.1, 0.15) is 6.17 Å². The van der Waals surface area contributed by atoms with E-state index in [1.54, 1.807) is 0 Å². The van der Waals surface area contributed by atoms with Crippen molar-refractivity contribution in [1.82, 2.24) is 10.2 Å². The van der Waals surface area contributed by atoms with Crippen LogP contribution in [-0.2, 0) is 0 Å². The molecule has 0 aromatic carbocycles. The highest BCUT2D eigenvalue weighted by atomic mass is 19.1. The minimum atomic E-state index is -0.636. The first-order chi connectivity index (χ1) is 6.74. The molecule has 1 aliphatic rings. The highest BCUT2D eigenvalue weighted by Crippen LogP contribution is 2.14. The average Bonchev–Trinajstić information content (AvgIpc) is 2.58. The highest BCUT2D eigenvalue weighted by molar-refractivity contribution is 4.84. The maximum Gasteiger partial charge on any atom is 0.117 e. The molecule has 1 N–H and O–H groups in total. The third kappa shape index (κ3) is 3.76. The molecular weight excluding hydrogens is 179 g/mol. The van der Waals surface area contributed by atoms with Gasteiger partial charge in [0.25, 0.3) is 0 Å². The van der Waals surface area contributed by atoms with Crippen LogP contribution in [0.3, 0.4) is 0 Å². The van der Waals surface area contributed by atoms with Crippen molar-refractivity contribution in [3.8, 4) is 0 Å². The molecule has 0 radical (unpaired) electrons. The third-order valence-electron chi connectivity index (χ3n) is 2.80. The Bertz CT molecular complexity index is 173. The van der Waals surface area contributed by atoms with E-state index in [-0.39, 0.29) is 6.04 Å². The third-order valence-corrected chi connectivity index (χ3v) is 2.80. The van der Waals surface area contributed by atoms with Crippen molar-refractivity contribution in [2.24, 2.45) is 0 Å². The fourth-order valence-electron chi connectivity index (χ4n) is 1.80. The van der Waals surface area contributed by atoms with E-state index in [1.807, 2.05) is 6.08 Å². The SMILES string of the molecule is C=CCCN(C)CCC1NCCC1F. The molecule has 0 spiro atoms. The predicted molar refractivity (Wildman–Crippen MR) is 58.2 cm³/mol. The molecule has 0 aromatic rings. The molecule has 14 heavy (non-hydrogen) atoms. The second-order valence-corrected chi connectivity index (χ2v) is 4.03. The van der Waals surface area contributed by atoms with Crippen LogP contribution in [0.4, 0.5) is 4.39 Å². The van der Waals surface area contributed by atoms with E-state index >= 15 is 0 Å². The van der Waals surface area contributed by atoms with E-state index in [2.05, 4.69) is 23.8 Å². The summed E-state index contributed by atoms with van der Waals surface area (Å²) >= 11 is 0. The minimum Gasteiger partial charge on any atom is -0.311 e. The molecule has 0 aromatic heterocycles. The van der Waals surface area contributed by atoms with Gasteiger partial charge in [0.15, 0.2) is 0 Å². The Morgan fingerprint density at radius 2 is 2.36 bits per heavy atom. The summed E-state index contributed by atoms with van der Waals surface area (Å²) in [5, 5.41) is 3.20. The standard InChI is InChI=1S/C11H21FN2/c1-3-4-8-14(2)9-6-11-10(12)5-7-13-11/h3,10-11,13H,1,4-9H2,2H3. The first kappa shape index (κ1) is 11.7. The summed E-state index contributed by atoms with van der Waals surface area (Å²) in [6.07, 6.45) is 3.88. The van der Waals surface area contributed by atoms with Gasteiger partial charge in [-0.25, -0.2) is 4.39 Å². The van der Waals surface area contributed by atoms with Crippen LogP contribution in [0.15, 0.2) is 12.7 Å². The van der Waals surface area contributed by atoms with E-state index in [4.69, 9.17) is 0 Å². The number of hydrogen-bond acceptors (Lipinski definition) is 2. The first-order valence-electron chi connectivity index (χ1n) is 5.41. The van der Waals surface area contributed by atoms with Crippen molar-refractivity contribution in [2.75, 3.05) is 26.7 Å². The molecule has 1 fully saturated rings. The van der Waals surface area contributed by atoms with E-state index in [0.29, 0.717) is 6.42 Å². The maximum atomic E-state index is 13.2. The highest BCUT2D eigenvalue weighted by Gasteiger charge is 2.25. The molecule has 82 valence electrons. The summed E-state index contributed by atoms with van der Waals surface area (Å²) in [5.74, 6) is 0. The van der Waals surface area contributed by atoms with E-state index < -0.39 is 6.17 Å². The number of hydrogen-bond donors (Lipinski definition) is 1. The summed E-state index contributed by atoms with van der Waals surface area (Å²) in [7, 11) is 2.08. The molecule has 0 saturated carbocycles. The van der Waals surface area contributed by atoms with E-state index in [9.17, 15) is 4.39 Å². The Morgan fingerprint density at radius 1 is 1.57 bits per heavy atom. The van der Waals surface area contributed by atoms with Gasteiger partial charge < -0.3 is 10.2 Å². The van der Waals surface area contributed by atoms with Crippen molar-refractivity contribution >= 4 is 0 Å². The van der Waals surface area contributed by atoms with Crippen LogP contribution in [0, 0.1) is 0 Å². The van der Waals surface area contributed by atoms with Gasteiger partial charge >= 0.3 is 0 Å². The molecule has 1 saturated heterocycles. The van der Waals surface area contributed by atoms with E-state index in [1.165, 1.54) is 0 Å². The lowest BCUT2D eigenvalue weighted by Gasteiger charge is -2.19. The lowest BCUT2D eigenvalue weighted by Crippen LogP contribution is -2.33. The van der Waals surface area contributed by atoms with Gasteiger partial charge in [-0.3, -0.25) is 0 Å². The molecule has 0 bridgehead atoms. The molecule has 2 atom stereocenters. The summed E-state index contributed by atoms with van der Waals surface area (Å²) < 4.78 is 13.2. The Morgan fingerprint density at radius 3 is 2.93 bits per heavy atom. The summed E-state index contributed by atoms with van der Waals surface area (Å²) in [4.78, 5) is 2.23. The van der Waals surface area contributed by atoms with Crippen LogP contribution in [-0.4, -0.2) is 43.8 Å². The van der Waals surface area contributed by atoms with Crippen molar-refractivity contribution in [3.05, 3.63) is 12.7 Å². The van der Waals surface area contributed by atoms with Gasteiger partial charge in [-0.15, -0.1) is 6.58 Å². The molecule has 1 heterocycles. The lowest BCUT2D eigenvalue weighted by molar-refractivity contribution is 0.256. The Labute approximate surface area is 86.2 Å². The summed E-state index contributed by atoms with van der Waals surface area (Å²) in [5.41, 5.74) is 0. The van der Waals surface area contributed by atoms with Gasteiger partial charge in [-0.2, -0.15) is 0 Å². The molecule has 1 aliphatic heterocycles. The smallest absolute Gasteiger partial charge is 0.117 e. The molecule has 2 unspecified atom stereocenters. The zero-order valence-corrected chi connectivity index (χ0v) is 9.01. The van der Waals surface area contributed by atoms with Crippen LogP contribution < -0.4 is 5.32 Å². The molecular formula is C11H21FN2. The number of halogens is 1. The number of alkyl halides is 1. The number of nitrogens with one attached hydrogen (secondary N) is 1. The molecule has 2 nitrogen and oxygen atoms in total. The van der Waals surface area contributed by atoms with Gasteiger partial charge in [0, 0.05) is 12.6 Å². The van der Waals surface area contributed by atoms with Gasteiger partial charge in [0.2, 0.25) is 0 Å². The van der Waals surface area contributed by atoms with Crippen molar-refractivity contribution in [3.63, 3.8) is 0 Å². The fraction of sp³-hybridized carbons (Fsp3) is 0.818. The van der Waals surface area contributed by atoms with Crippen molar-refractivity contribution in [2.45, 2.75) is 31.5 Å². The Balaban J connectivity index is 2.09. The van der Waals surface area contributed by atoms with E-state index in [0.717, 1.165) is 32.5 Å². The summed E-state index contributed by atoms with van der Waals surface area (Å²) in [6.45, 7) is 6.50. The van der Waals surface area contributed by atoms with Crippen LogP contribution in [0.5, 0.6) is 0 Å². The van der Waals surface area contributed by atoms with Gasteiger partial charge in [-0.1, -0.05) is 6.08 Å². The molecule has 3 heteroatoms. The quantitative estimate of drug-likeness (QED) is 0.655. The summed E-state index contributed by atoms with van der Waals surface area (Å²) in [6, 6.07) is 0.0844. The minimum absolute atomic E-state index is 0.0844. The topological polar surface area (TPSA) is 15.3 Å². The van der Waals surface area contributed by atoms with Crippen LogP contribution in [0.2, 0.25) is 0 Å². The predicted octanol–water partition coefficient (Wildman–Crippen LogP) is 1.58. The monoisotopic (exact) mass is 200 g/mol. The number of rotatable bonds is 6. The largest absolute Gasteiger partial charge is 0.311 e. The Kier molecular flexibility index (Phi) is 5.12. The maximum absolute atomic E-state index is 13.2. The van der Waals surface area contributed by atoms with Crippen molar-refractivity contribution < 1.29 is 4.39 Å². The lowest BCUT2D eigenvalue weighted by atomic mass is 10.1. The van der Waals surface area contributed by atoms with Gasteiger partial charge in [-0.05, 0) is 39.4 Å². The fourth-order valence-corrected chi connectivity index (χ4v) is 1.80. The molecule has 1 rings (SSSR count). The van der Waals surface area contributed by atoms with Crippen LogP contribution in [0.25, 0.3) is 0 Å². The second-order valence-electron chi connectivity index (χ2n) is 4.03. The normalized spacial score (nSPS) is 27.1. The average molecular weight is 200 g/mol. The zero-order valence-electron chi connectivity index (χ0n) is 9.01. The number of nitrogens with zero attached hydrogens (tertiary/aromatic N) is 1. The molecule has 0 amide bonds. The first-order valence-corrected chi connectivity index (χ1v) is 5.41. The van der Waals surface area contributed by atoms with Crippen molar-refractivity contribution in [1.29, 1.82) is 0 Å². The Hall–Kier alpha value is -0.410. The second kappa shape index (κ2) is 6.14. The van der Waals surface area contributed by atoms with Gasteiger partial charge in [0.05, 0.1) is 0 Å². The molecule has 0 aliphatic carbocycles. The zero-order chi connectivity index (χ0) is 10.4. The van der Waals surface area contributed by atoms with Crippen LogP contribution >= 0.6 is 0 Å². The van der Waals surface area contributed by atoms with Crippen LogP contribution in [0.1, 0.15) is 19.3 Å².